The Kier molecular flexibility index (Phi) is 4.70. The lowest BCUT2D eigenvalue weighted by atomic mass is 10.2. The van der Waals surface area contributed by atoms with Crippen molar-refractivity contribution in [2.45, 2.75) is 0 Å². The third-order valence-corrected chi connectivity index (χ3v) is 3.18. The van der Waals surface area contributed by atoms with Crippen molar-refractivity contribution in [3.8, 4) is 0 Å². The first kappa shape index (κ1) is 14.2. The summed E-state index contributed by atoms with van der Waals surface area (Å²) in [6, 6.07) is 4.95. The van der Waals surface area contributed by atoms with E-state index in [0.717, 1.165) is 0 Å². The lowest BCUT2D eigenvalue weighted by molar-refractivity contribution is 0.598. The Hall–Kier alpha value is -0.890. The SMILES string of the molecule is NC(=S)c1ccc(Cl)cc1NCCS(N)(=O)=O. The van der Waals surface area contributed by atoms with E-state index in [1.807, 2.05) is 0 Å². The monoisotopic (exact) mass is 293 g/mol. The minimum Gasteiger partial charge on any atom is -0.389 e. The predicted molar refractivity (Wildman–Crippen MR) is 73.8 cm³/mol. The summed E-state index contributed by atoms with van der Waals surface area (Å²) in [5, 5.41) is 8.27. The zero-order valence-corrected chi connectivity index (χ0v) is 11.2. The Morgan fingerprint density at radius 1 is 1.47 bits per heavy atom. The summed E-state index contributed by atoms with van der Waals surface area (Å²) < 4.78 is 21.5. The van der Waals surface area contributed by atoms with Gasteiger partial charge < -0.3 is 11.1 Å². The minimum atomic E-state index is -3.50. The maximum absolute atomic E-state index is 10.8. The van der Waals surface area contributed by atoms with Crippen molar-refractivity contribution >= 4 is 44.5 Å². The molecular formula is C9H12ClN3O2S2. The van der Waals surface area contributed by atoms with Gasteiger partial charge in [-0.2, -0.15) is 0 Å². The molecule has 0 saturated carbocycles. The molecule has 0 radical (unpaired) electrons. The predicted octanol–water partition coefficient (Wildman–Crippen LogP) is 0.675. The smallest absolute Gasteiger partial charge is 0.210 e. The van der Waals surface area contributed by atoms with Crippen LogP contribution in [0.2, 0.25) is 5.02 Å². The summed E-state index contributed by atoms with van der Waals surface area (Å²) in [5.41, 5.74) is 6.73. The normalized spacial score (nSPS) is 11.2. The summed E-state index contributed by atoms with van der Waals surface area (Å²) in [5.74, 6) is -0.184. The maximum Gasteiger partial charge on any atom is 0.210 e. The van der Waals surface area contributed by atoms with Crippen molar-refractivity contribution in [1.82, 2.24) is 0 Å². The molecule has 17 heavy (non-hydrogen) atoms. The zero-order chi connectivity index (χ0) is 13.1. The molecule has 0 aliphatic carbocycles. The molecule has 1 aromatic rings. The first-order chi connectivity index (χ1) is 7.79. The molecule has 0 aliphatic rings. The van der Waals surface area contributed by atoms with Crippen LogP contribution < -0.4 is 16.2 Å². The summed E-state index contributed by atoms with van der Waals surface area (Å²) in [4.78, 5) is 0.208. The van der Waals surface area contributed by atoms with Crippen LogP contribution in [0.1, 0.15) is 5.56 Å². The highest BCUT2D eigenvalue weighted by Crippen LogP contribution is 2.20. The van der Waals surface area contributed by atoms with Gasteiger partial charge in [0.25, 0.3) is 0 Å². The van der Waals surface area contributed by atoms with E-state index in [1.54, 1.807) is 18.2 Å². The van der Waals surface area contributed by atoms with Crippen LogP contribution in [0.5, 0.6) is 0 Å². The van der Waals surface area contributed by atoms with Crippen molar-refractivity contribution in [2.75, 3.05) is 17.6 Å². The fourth-order valence-corrected chi connectivity index (χ4v) is 1.94. The quantitative estimate of drug-likeness (QED) is 0.693. The number of hydrogen-bond donors (Lipinski definition) is 3. The minimum absolute atomic E-state index is 0.161. The molecule has 1 rings (SSSR count). The van der Waals surface area contributed by atoms with E-state index < -0.39 is 10.0 Å². The van der Waals surface area contributed by atoms with E-state index in [-0.39, 0.29) is 17.3 Å². The Balaban J connectivity index is 2.82. The topological polar surface area (TPSA) is 98.2 Å². The third-order valence-electron chi connectivity index (χ3n) is 1.95. The van der Waals surface area contributed by atoms with Gasteiger partial charge in [0.1, 0.15) is 4.99 Å². The molecule has 0 amide bonds. The largest absolute Gasteiger partial charge is 0.389 e. The lowest BCUT2D eigenvalue weighted by Gasteiger charge is -2.11. The van der Waals surface area contributed by atoms with Crippen LogP contribution in [0.15, 0.2) is 18.2 Å². The van der Waals surface area contributed by atoms with Gasteiger partial charge in [-0.05, 0) is 18.2 Å². The van der Waals surface area contributed by atoms with Gasteiger partial charge in [0.15, 0.2) is 0 Å². The molecule has 0 aliphatic heterocycles. The van der Waals surface area contributed by atoms with Crippen LogP contribution in [-0.4, -0.2) is 25.7 Å². The summed E-state index contributed by atoms with van der Waals surface area (Å²) in [7, 11) is -3.50. The van der Waals surface area contributed by atoms with Gasteiger partial charge in [-0.1, -0.05) is 23.8 Å². The second-order valence-electron chi connectivity index (χ2n) is 3.35. The van der Waals surface area contributed by atoms with Crippen LogP contribution >= 0.6 is 23.8 Å². The Labute approximate surface area is 110 Å². The number of halogens is 1. The number of nitrogens with one attached hydrogen (secondary N) is 1. The van der Waals surface area contributed by atoms with E-state index in [1.165, 1.54) is 0 Å². The second-order valence-corrected chi connectivity index (χ2v) is 5.96. The third kappa shape index (κ3) is 4.86. The number of thiocarbonyl (C=S) groups is 1. The number of sulfonamides is 1. The molecule has 0 heterocycles. The Bertz CT molecular complexity index is 531. The van der Waals surface area contributed by atoms with E-state index in [2.05, 4.69) is 5.32 Å². The van der Waals surface area contributed by atoms with Crippen molar-refractivity contribution in [2.24, 2.45) is 10.9 Å². The molecule has 94 valence electrons. The average Bonchev–Trinajstić information content (AvgIpc) is 2.15. The Morgan fingerprint density at radius 2 is 2.12 bits per heavy atom. The van der Waals surface area contributed by atoms with Gasteiger partial charge in [-0.25, -0.2) is 13.6 Å². The molecule has 0 saturated heterocycles. The molecule has 0 fully saturated rings. The number of nitrogens with two attached hydrogens (primary N) is 2. The Morgan fingerprint density at radius 3 is 2.65 bits per heavy atom. The average molecular weight is 294 g/mol. The fourth-order valence-electron chi connectivity index (χ4n) is 1.21. The van der Waals surface area contributed by atoms with Crippen LogP contribution in [0.4, 0.5) is 5.69 Å². The standard InChI is InChI=1S/C9H12ClN3O2S2/c10-6-1-2-7(9(11)16)8(5-6)13-3-4-17(12,14)15/h1-2,5,13H,3-4H2,(H2,11,16)(H2,12,14,15). The molecule has 0 unspecified atom stereocenters. The van der Waals surface area contributed by atoms with Crippen molar-refractivity contribution in [3.05, 3.63) is 28.8 Å². The molecule has 0 atom stereocenters. The van der Waals surface area contributed by atoms with E-state index in [9.17, 15) is 8.42 Å². The van der Waals surface area contributed by atoms with Crippen LogP contribution in [0, 0.1) is 0 Å². The van der Waals surface area contributed by atoms with Gasteiger partial charge in [0.05, 0.1) is 5.75 Å². The van der Waals surface area contributed by atoms with E-state index in [0.29, 0.717) is 16.3 Å². The summed E-state index contributed by atoms with van der Waals surface area (Å²) >= 11 is 10.7. The fraction of sp³-hybridized carbons (Fsp3) is 0.222. The molecule has 5 N–H and O–H groups in total. The van der Waals surface area contributed by atoms with E-state index in [4.69, 9.17) is 34.7 Å². The maximum atomic E-state index is 10.8. The van der Waals surface area contributed by atoms with Crippen LogP contribution in [-0.2, 0) is 10.0 Å². The first-order valence-electron chi connectivity index (χ1n) is 4.63. The summed E-state index contributed by atoms with van der Waals surface area (Å²) in [6.07, 6.45) is 0. The lowest BCUT2D eigenvalue weighted by Crippen LogP contribution is -2.23. The number of primary sulfonamides is 1. The van der Waals surface area contributed by atoms with Gasteiger partial charge in [-0.15, -0.1) is 0 Å². The number of rotatable bonds is 5. The molecule has 0 bridgehead atoms. The van der Waals surface area contributed by atoms with Crippen LogP contribution in [0.3, 0.4) is 0 Å². The molecule has 8 heteroatoms. The van der Waals surface area contributed by atoms with Gasteiger partial charge in [-0.3, -0.25) is 0 Å². The molecule has 0 spiro atoms. The summed E-state index contributed by atoms with van der Waals surface area (Å²) in [6.45, 7) is 0.161. The second kappa shape index (κ2) is 5.63. The highest BCUT2D eigenvalue weighted by atomic mass is 35.5. The molecule has 1 aromatic carbocycles. The zero-order valence-electron chi connectivity index (χ0n) is 8.81. The molecular weight excluding hydrogens is 282 g/mol. The molecule has 5 nitrogen and oxygen atoms in total. The van der Waals surface area contributed by atoms with Gasteiger partial charge in [0.2, 0.25) is 10.0 Å². The highest BCUT2D eigenvalue weighted by molar-refractivity contribution is 7.89. The van der Waals surface area contributed by atoms with E-state index >= 15 is 0 Å². The first-order valence-corrected chi connectivity index (χ1v) is 7.13. The van der Waals surface area contributed by atoms with Gasteiger partial charge in [0, 0.05) is 22.8 Å². The van der Waals surface area contributed by atoms with Crippen molar-refractivity contribution in [3.63, 3.8) is 0 Å². The van der Waals surface area contributed by atoms with Gasteiger partial charge >= 0.3 is 0 Å². The highest BCUT2D eigenvalue weighted by Gasteiger charge is 2.07. The van der Waals surface area contributed by atoms with Crippen molar-refractivity contribution < 1.29 is 8.42 Å². The molecule has 0 aromatic heterocycles. The number of benzene rings is 1. The number of anilines is 1. The van der Waals surface area contributed by atoms with Crippen molar-refractivity contribution in [1.29, 1.82) is 0 Å². The number of hydrogen-bond acceptors (Lipinski definition) is 4. The van der Waals surface area contributed by atoms with Crippen LogP contribution in [0.25, 0.3) is 0 Å².